The van der Waals surface area contributed by atoms with Crippen molar-refractivity contribution in [2.75, 3.05) is 6.54 Å². The van der Waals surface area contributed by atoms with Crippen LogP contribution in [-0.2, 0) is 11.2 Å². The lowest BCUT2D eigenvalue weighted by molar-refractivity contribution is -0.139. The van der Waals surface area contributed by atoms with Crippen LogP contribution in [0, 0.1) is 6.92 Å². The van der Waals surface area contributed by atoms with Crippen molar-refractivity contribution < 1.29 is 9.90 Å². The first-order valence-corrected chi connectivity index (χ1v) is 7.73. The number of rotatable bonds is 6. The van der Waals surface area contributed by atoms with E-state index in [-0.39, 0.29) is 0 Å². The molecule has 23 heavy (non-hydrogen) atoms. The summed E-state index contributed by atoms with van der Waals surface area (Å²) < 4.78 is 0. The third-order valence-electron chi connectivity index (χ3n) is 4.08. The number of aryl methyl sites for hydroxylation is 1. The maximum atomic E-state index is 11.5. The zero-order valence-electron chi connectivity index (χ0n) is 13.0. The molecule has 0 saturated carbocycles. The van der Waals surface area contributed by atoms with Gasteiger partial charge in [-0.3, -0.25) is 4.79 Å². The van der Waals surface area contributed by atoms with E-state index in [2.05, 4.69) is 16.4 Å². The number of fused-ring (bicyclic) bond motifs is 1. The van der Waals surface area contributed by atoms with Gasteiger partial charge in [0, 0.05) is 23.6 Å². The molecule has 0 aliphatic carbocycles. The van der Waals surface area contributed by atoms with Crippen LogP contribution in [0.3, 0.4) is 0 Å². The molecule has 0 aliphatic heterocycles. The predicted octanol–water partition coefficient (Wildman–Crippen LogP) is 3.43. The van der Waals surface area contributed by atoms with Crippen molar-refractivity contribution in [1.82, 2.24) is 10.3 Å². The van der Waals surface area contributed by atoms with Crippen LogP contribution in [0.25, 0.3) is 10.9 Å². The van der Waals surface area contributed by atoms with Gasteiger partial charge in [-0.25, -0.2) is 0 Å². The molecule has 3 rings (SSSR count). The standard InChI is InChI=1S/C19H20N2O2/c1-13-6-8-14(9-7-13)18(19(22)23)20-11-10-15-12-21-17-5-3-2-4-16(15)17/h2-9,12,18,20-21H,10-11H2,1H3,(H,22,23)/t18-/m0/s1. The number of benzene rings is 2. The number of carboxylic acid groups (broad SMARTS) is 1. The van der Waals surface area contributed by atoms with Crippen LogP contribution in [0.1, 0.15) is 22.7 Å². The molecule has 1 aromatic heterocycles. The van der Waals surface area contributed by atoms with Crippen LogP contribution in [0.5, 0.6) is 0 Å². The lowest BCUT2D eigenvalue weighted by Crippen LogP contribution is -2.30. The molecule has 3 aromatic rings. The van der Waals surface area contributed by atoms with Crippen LogP contribution < -0.4 is 5.32 Å². The van der Waals surface area contributed by atoms with E-state index in [1.165, 1.54) is 10.9 Å². The van der Waals surface area contributed by atoms with Crippen molar-refractivity contribution >= 4 is 16.9 Å². The van der Waals surface area contributed by atoms with Gasteiger partial charge in [0.2, 0.25) is 0 Å². The quantitative estimate of drug-likeness (QED) is 0.653. The largest absolute Gasteiger partial charge is 0.480 e. The number of carbonyl (C=O) groups is 1. The molecule has 1 heterocycles. The molecule has 0 unspecified atom stereocenters. The van der Waals surface area contributed by atoms with Gasteiger partial charge in [-0.15, -0.1) is 0 Å². The van der Waals surface area contributed by atoms with Crippen molar-refractivity contribution in [3.05, 3.63) is 71.4 Å². The molecule has 118 valence electrons. The molecule has 3 N–H and O–H groups in total. The molecule has 0 radical (unpaired) electrons. The average Bonchev–Trinajstić information content (AvgIpc) is 2.96. The summed E-state index contributed by atoms with van der Waals surface area (Å²) in [5.41, 5.74) is 4.20. The summed E-state index contributed by atoms with van der Waals surface area (Å²) in [6, 6.07) is 15.1. The lowest BCUT2D eigenvalue weighted by Gasteiger charge is -2.15. The van der Waals surface area contributed by atoms with Crippen molar-refractivity contribution in [2.45, 2.75) is 19.4 Å². The molecule has 4 nitrogen and oxygen atoms in total. The number of carboxylic acids is 1. The monoisotopic (exact) mass is 308 g/mol. The highest BCUT2D eigenvalue weighted by atomic mass is 16.4. The second-order valence-electron chi connectivity index (χ2n) is 5.75. The van der Waals surface area contributed by atoms with Crippen LogP contribution in [0.4, 0.5) is 0 Å². The van der Waals surface area contributed by atoms with Gasteiger partial charge < -0.3 is 15.4 Å². The summed E-state index contributed by atoms with van der Waals surface area (Å²) in [5, 5.41) is 13.8. The SMILES string of the molecule is Cc1ccc([C@H](NCCc2c[nH]c3ccccc23)C(=O)O)cc1. The predicted molar refractivity (Wildman–Crippen MR) is 91.6 cm³/mol. The van der Waals surface area contributed by atoms with Gasteiger partial charge in [0.25, 0.3) is 0 Å². The summed E-state index contributed by atoms with van der Waals surface area (Å²) in [6.07, 6.45) is 2.77. The number of aromatic amines is 1. The van der Waals surface area contributed by atoms with Gasteiger partial charge in [0.15, 0.2) is 0 Å². The first-order valence-electron chi connectivity index (χ1n) is 7.73. The number of hydrogen-bond acceptors (Lipinski definition) is 2. The van der Waals surface area contributed by atoms with E-state index in [9.17, 15) is 9.90 Å². The molecule has 1 atom stereocenters. The zero-order valence-corrected chi connectivity index (χ0v) is 13.0. The van der Waals surface area contributed by atoms with E-state index in [1.54, 1.807) is 0 Å². The van der Waals surface area contributed by atoms with E-state index in [0.29, 0.717) is 6.54 Å². The fraction of sp³-hybridized carbons (Fsp3) is 0.211. The second-order valence-corrected chi connectivity index (χ2v) is 5.75. The molecule has 0 fully saturated rings. The minimum Gasteiger partial charge on any atom is -0.480 e. The molecule has 0 amide bonds. The van der Waals surface area contributed by atoms with Gasteiger partial charge in [-0.1, -0.05) is 48.0 Å². The minimum absolute atomic E-state index is 0.604. The fourth-order valence-corrected chi connectivity index (χ4v) is 2.80. The Labute approximate surface area is 135 Å². The third kappa shape index (κ3) is 3.43. The topological polar surface area (TPSA) is 65.1 Å². The molecule has 4 heteroatoms. The molecule has 0 bridgehead atoms. The first kappa shape index (κ1) is 15.3. The van der Waals surface area contributed by atoms with Gasteiger partial charge in [-0.2, -0.15) is 0 Å². The smallest absolute Gasteiger partial charge is 0.325 e. The van der Waals surface area contributed by atoms with Crippen molar-refractivity contribution in [3.8, 4) is 0 Å². The molecule has 2 aromatic carbocycles. The van der Waals surface area contributed by atoms with Crippen molar-refractivity contribution in [2.24, 2.45) is 0 Å². The summed E-state index contributed by atoms with van der Waals surface area (Å²) in [6.45, 7) is 2.59. The number of aliphatic carboxylic acids is 1. The molecular weight excluding hydrogens is 288 g/mol. The summed E-state index contributed by atoms with van der Waals surface area (Å²) in [7, 11) is 0. The fourth-order valence-electron chi connectivity index (χ4n) is 2.80. The summed E-state index contributed by atoms with van der Waals surface area (Å²) >= 11 is 0. The molecular formula is C19H20N2O2. The zero-order chi connectivity index (χ0) is 16.2. The Morgan fingerprint density at radius 3 is 2.65 bits per heavy atom. The maximum absolute atomic E-state index is 11.5. The van der Waals surface area contributed by atoms with Crippen molar-refractivity contribution in [1.29, 1.82) is 0 Å². The lowest BCUT2D eigenvalue weighted by atomic mass is 10.0. The van der Waals surface area contributed by atoms with Gasteiger partial charge in [0.1, 0.15) is 6.04 Å². The summed E-state index contributed by atoms with van der Waals surface area (Å²) in [5.74, 6) is -0.854. The number of para-hydroxylation sites is 1. The molecule has 0 spiro atoms. The van der Waals surface area contributed by atoms with E-state index < -0.39 is 12.0 Å². The Morgan fingerprint density at radius 1 is 1.17 bits per heavy atom. The third-order valence-corrected chi connectivity index (χ3v) is 4.08. The second kappa shape index (κ2) is 6.67. The Hall–Kier alpha value is -2.59. The molecule has 0 saturated heterocycles. The Morgan fingerprint density at radius 2 is 1.91 bits per heavy atom. The van der Waals surface area contributed by atoms with Gasteiger partial charge in [0.05, 0.1) is 0 Å². The Kier molecular flexibility index (Phi) is 4.44. The Bertz CT molecular complexity index is 806. The number of H-pyrrole nitrogens is 1. The normalized spacial score (nSPS) is 12.4. The summed E-state index contributed by atoms with van der Waals surface area (Å²) in [4.78, 5) is 14.8. The van der Waals surface area contributed by atoms with Gasteiger partial charge >= 0.3 is 5.97 Å². The average molecular weight is 308 g/mol. The van der Waals surface area contributed by atoms with Crippen LogP contribution in [0.15, 0.2) is 54.7 Å². The number of aromatic nitrogens is 1. The maximum Gasteiger partial charge on any atom is 0.325 e. The highest BCUT2D eigenvalue weighted by Gasteiger charge is 2.18. The number of hydrogen-bond donors (Lipinski definition) is 3. The van der Waals surface area contributed by atoms with E-state index in [4.69, 9.17) is 0 Å². The number of nitrogens with one attached hydrogen (secondary N) is 2. The van der Waals surface area contributed by atoms with Crippen LogP contribution >= 0.6 is 0 Å². The first-order chi connectivity index (χ1) is 11.1. The molecule has 0 aliphatic rings. The minimum atomic E-state index is -0.854. The van der Waals surface area contributed by atoms with Gasteiger partial charge in [-0.05, 0) is 30.5 Å². The van der Waals surface area contributed by atoms with Crippen LogP contribution in [0.2, 0.25) is 0 Å². The van der Waals surface area contributed by atoms with E-state index >= 15 is 0 Å². The Balaban J connectivity index is 1.68. The van der Waals surface area contributed by atoms with E-state index in [0.717, 1.165) is 23.1 Å². The van der Waals surface area contributed by atoms with E-state index in [1.807, 2.05) is 55.6 Å². The highest BCUT2D eigenvalue weighted by Crippen LogP contribution is 2.19. The highest BCUT2D eigenvalue weighted by molar-refractivity contribution is 5.83. The van der Waals surface area contributed by atoms with Crippen LogP contribution in [-0.4, -0.2) is 22.6 Å². The van der Waals surface area contributed by atoms with Crippen molar-refractivity contribution in [3.63, 3.8) is 0 Å².